The van der Waals surface area contributed by atoms with Crippen LogP contribution in [0.5, 0.6) is 0 Å². The van der Waals surface area contributed by atoms with Crippen molar-refractivity contribution in [2.24, 2.45) is 0 Å². The van der Waals surface area contributed by atoms with Crippen LogP contribution >= 0.6 is 11.3 Å². The zero-order valence-electron chi connectivity index (χ0n) is 15.6. The molecule has 29 heavy (non-hydrogen) atoms. The van der Waals surface area contributed by atoms with E-state index >= 15 is 0 Å². The molecular weight excluding hydrogens is 386 g/mol. The number of fused-ring (bicyclic) bond motifs is 1. The fraction of sp³-hybridized carbons (Fsp3) is 0.0909. The highest BCUT2D eigenvalue weighted by atomic mass is 32.1. The molecule has 4 aromatic rings. The molecule has 0 radical (unpaired) electrons. The SMILES string of the molecule is Cc1ccc2occ(/C=C/C(=O)NCc3csc(-c4ccccn4)n3)c(=O)c2c1. The molecule has 0 aliphatic heterocycles. The standard InChI is InChI=1S/C22H17N3O3S/c1-14-5-7-19-17(10-14)21(27)15(12-28-19)6-8-20(26)24-11-16-13-29-22(25-16)18-4-2-3-9-23-18/h2-10,12-13H,11H2,1H3,(H,24,26)/b8-6+. The number of pyridine rings is 1. The number of hydrogen-bond donors (Lipinski definition) is 1. The van der Waals surface area contributed by atoms with Crippen molar-refractivity contribution in [1.82, 2.24) is 15.3 Å². The molecule has 0 unspecified atom stereocenters. The summed E-state index contributed by atoms with van der Waals surface area (Å²) >= 11 is 1.47. The van der Waals surface area contributed by atoms with Crippen LogP contribution in [0, 0.1) is 6.92 Å². The fourth-order valence-corrected chi connectivity index (χ4v) is 3.57. The number of nitrogens with one attached hydrogen (secondary N) is 1. The van der Waals surface area contributed by atoms with E-state index in [4.69, 9.17) is 4.42 Å². The van der Waals surface area contributed by atoms with Gasteiger partial charge in [-0.05, 0) is 37.3 Å². The number of thiazole rings is 1. The van der Waals surface area contributed by atoms with Crippen molar-refractivity contribution in [2.45, 2.75) is 13.5 Å². The lowest BCUT2D eigenvalue weighted by Gasteiger charge is -2.01. The summed E-state index contributed by atoms with van der Waals surface area (Å²) in [7, 11) is 0. The average molecular weight is 403 g/mol. The number of rotatable bonds is 5. The van der Waals surface area contributed by atoms with Crippen LogP contribution in [-0.4, -0.2) is 15.9 Å². The summed E-state index contributed by atoms with van der Waals surface area (Å²) < 4.78 is 5.49. The molecule has 0 aliphatic rings. The number of hydrogen-bond acceptors (Lipinski definition) is 6. The molecule has 0 aliphatic carbocycles. The smallest absolute Gasteiger partial charge is 0.244 e. The molecular formula is C22H17N3O3S. The lowest BCUT2D eigenvalue weighted by atomic mass is 10.1. The van der Waals surface area contributed by atoms with Gasteiger partial charge in [0.15, 0.2) is 5.43 Å². The van der Waals surface area contributed by atoms with Gasteiger partial charge >= 0.3 is 0 Å². The molecule has 144 valence electrons. The highest BCUT2D eigenvalue weighted by Crippen LogP contribution is 2.21. The van der Waals surface area contributed by atoms with Gasteiger partial charge in [0, 0.05) is 17.7 Å². The Kier molecular flexibility index (Phi) is 5.31. The molecule has 4 rings (SSSR count). The zero-order valence-corrected chi connectivity index (χ0v) is 16.4. The van der Waals surface area contributed by atoms with Gasteiger partial charge in [-0.15, -0.1) is 11.3 Å². The number of carbonyl (C=O) groups excluding carboxylic acids is 1. The van der Waals surface area contributed by atoms with Crippen molar-refractivity contribution >= 4 is 34.3 Å². The number of nitrogens with zero attached hydrogens (tertiary/aromatic N) is 2. The van der Waals surface area contributed by atoms with Crippen molar-refractivity contribution in [2.75, 3.05) is 0 Å². The normalized spacial score (nSPS) is 11.2. The zero-order chi connectivity index (χ0) is 20.2. The van der Waals surface area contributed by atoms with E-state index in [9.17, 15) is 9.59 Å². The maximum atomic E-state index is 12.6. The number of aromatic nitrogens is 2. The van der Waals surface area contributed by atoms with Gasteiger partial charge in [-0.1, -0.05) is 17.7 Å². The first-order valence-corrected chi connectivity index (χ1v) is 9.82. The van der Waals surface area contributed by atoms with E-state index in [-0.39, 0.29) is 17.9 Å². The Morgan fingerprint density at radius 3 is 3.00 bits per heavy atom. The first-order chi connectivity index (χ1) is 14.1. The van der Waals surface area contributed by atoms with E-state index in [1.54, 1.807) is 18.3 Å². The van der Waals surface area contributed by atoms with Gasteiger partial charge in [0.2, 0.25) is 5.91 Å². The molecule has 7 heteroatoms. The second-order valence-corrected chi connectivity index (χ2v) is 7.29. The molecule has 1 amide bonds. The van der Waals surface area contributed by atoms with E-state index in [2.05, 4.69) is 15.3 Å². The highest BCUT2D eigenvalue weighted by Gasteiger charge is 2.08. The maximum absolute atomic E-state index is 12.6. The number of carbonyl (C=O) groups is 1. The second kappa shape index (κ2) is 8.20. The third-order valence-electron chi connectivity index (χ3n) is 4.25. The van der Waals surface area contributed by atoms with E-state index in [0.717, 1.165) is 22.0 Å². The summed E-state index contributed by atoms with van der Waals surface area (Å²) in [4.78, 5) is 33.4. The third-order valence-corrected chi connectivity index (χ3v) is 5.16. The summed E-state index contributed by atoms with van der Waals surface area (Å²) in [6.07, 6.45) is 5.86. The van der Waals surface area contributed by atoms with Gasteiger partial charge in [-0.2, -0.15) is 0 Å². The number of amides is 1. The van der Waals surface area contributed by atoms with Crippen LogP contribution in [0.2, 0.25) is 0 Å². The van der Waals surface area contributed by atoms with Gasteiger partial charge in [-0.3, -0.25) is 14.6 Å². The van der Waals surface area contributed by atoms with Crippen LogP contribution in [0.3, 0.4) is 0 Å². The quantitative estimate of drug-likeness (QED) is 0.510. The molecule has 0 atom stereocenters. The summed E-state index contributed by atoms with van der Waals surface area (Å²) in [5.74, 6) is -0.318. The Morgan fingerprint density at radius 2 is 2.17 bits per heavy atom. The topological polar surface area (TPSA) is 85.1 Å². The molecule has 1 aromatic carbocycles. The average Bonchev–Trinajstić information content (AvgIpc) is 3.22. The summed E-state index contributed by atoms with van der Waals surface area (Å²) in [6, 6.07) is 11.1. The van der Waals surface area contributed by atoms with Crippen molar-refractivity contribution in [3.05, 3.63) is 87.4 Å². The Labute approximate surface area is 170 Å². The van der Waals surface area contributed by atoms with Crippen molar-refractivity contribution in [3.63, 3.8) is 0 Å². The van der Waals surface area contributed by atoms with E-state index in [0.29, 0.717) is 16.5 Å². The van der Waals surface area contributed by atoms with Crippen LogP contribution in [0.4, 0.5) is 0 Å². The van der Waals surface area contributed by atoms with Crippen molar-refractivity contribution < 1.29 is 9.21 Å². The molecule has 1 N–H and O–H groups in total. The minimum atomic E-state index is -0.318. The summed E-state index contributed by atoms with van der Waals surface area (Å²) in [6.45, 7) is 2.20. The van der Waals surface area contributed by atoms with Gasteiger partial charge in [-0.25, -0.2) is 4.98 Å². The minimum absolute atomic E-state index is 0.168. The molecule has 0 spiro atoms. The van der Waals surface area contributed by atoms with E-state index < -0.39 is 0 Å². The van der Waals surface area contributed by atoms with E-state index in [1.165, 1.54) is 29.8 Å². The second-order valence-electron chi connectivity index (χ2n) is 6.43. The van der Waals surface area contributed by atoms with Gasteiger partial charge < -0.3 is 9.73 Å². The molecule has 3 heterocycles. The molecule has 6 nitrogen and oxygen atoms in total. The van der Waals surface area contributed by atoms with Crippen LogP contribution in [-0.2, 0) is 11.3 Å². The van der Waals surface area contributed by atoms with Crippen LogP contribution in [0.25, 0.3) is 27.7 Å². The first kappa shape index (κ1) is 18.8. The molecule has 0 bridgehead atoms. The predicted octanol–water partition coefficient (Wildman–Crippen LogP) is 3.95. The van der Waals surface area contributed by atoms with Crippen molar-refractivity contribution in [1.29, 1.82) is 0 Å². The lowest BCUT2D eigenvalue weighted by molar-refractivity contribution is -0.116. The van der Waals surface area contributed by atoms with E-state index in [1.807, 2.05) is 36.6 Å². The highest BCUT2D eigenvalue weighted by molar-refractivity contribution is 7.13. The van der Waals surface area contributed by atoms with Crippen LogP contribution < -0.4 is 10.7 Å². The predicted molar refractivity (Wildman–Crippen MR) is 113 cm³/mol. The lowest BCUT2D eigenvalue weighted by Crippen LogP contribution is -2.20. The Balaban J connectivity index is 1.42. The molecule has 0 fully saturated rings. The first-order valence-electron chi connectivity index (χ1n) is 8.94. The van der Waals surface area contributed by atoms with Gasteiger partial charge in [0.05, 0.1) is 28.9 Å². The molecule has 0 saturated carbocycles. The third kappa shape index (κ3) is 4.30. The monoisotopic (exact) mass is 403 g/mol. The van der Waals surface area contributed by atoms with Crippen LogP contribution in [0.1, 0.15) is 16.8 Å². The fourth-order valence-electron chi connectivity index (χ4n) is 2.77. The molecule has 0 saturated heterocycles. The summed E-state index contributed by atoms with van der Waals surface area (Å²) in [5, 5.41) is 5.95. The maximum Gasteiger partial charge on any atom is 0.244 e. The Morgan fingerprint density at radius 1 is 1.28 bits per heavy atom. The Bertz CT molecular complexity index is 1260. The number of benzene rings is 1. The minimum Gasteiger partial charge on any atom is -0.463 e. The number of aryl methyl sites for hydroxylation is 1. The van der Waals surface area contributed by atoms with Gasteiger partial charge in [0.1, 0.15) is 16.9 Å². The van der Waals surface area contributed by atoms with Crippen molar-refractivity contribution in [3.8, 4) is 10.7 Å². The van der Waals surface area contributed by atoms with Crippen LogP contribution in [0.15, 0.2) is 69.5 Å². The summed E-state index contributed by atoms with van der Waals surface area (Å²) in [5.41, 5.74) is 3.20. The molecule has 3 aromatic heterocycles. The van der Waals surface area contributed by atoms with Gasteiger partial charge in [0.25, 0.3) is 0 Å². The largest absolute Gasteiger partial charge is 0.463 e. The Hall–Kier alpha value is -3.58.